The molecule has 0 spiro atoms. The maximum absolute atomic E-state index is 10.4. The van der Waals surface area contributed by atoms with Gasteiger partial charge in [-0.2, -0.15) is 0 Å². The Morgan fingerprint density at radius 1 is 0.431 bits per heavy atom. The van der Waals surface area contributed by atoms with E-state index < -0.39 is 11.9 Å². The van der Waals surface area contributed by atoms with Crippen molar-refractivity contribution in [1.29, 1.82) is 0 Å². The monoisotopic (exact) mass is 700 g/mol. The molecule has 0 unspecified atom stereocenters. The summed E-state index contributed by atoms with van der Waals surface area (Å²) in [6, 6.07) is 17.4. The molecule has 5 N–H and O–H groups in total. The summed E-state index contributed by atoms with van der Waals surface area (Å²) in [5.74, 6) is -0.925. The quantitative estimate of drug-likeness (QED) is 0.140. The number of hydrogen-bond acceptors (Lipinski definition) is 5. The summed E-state index contributed by atoms with van der Waals surface area (Å²) in [5, 5.41) is 46.6. The van der Waals surface area contributed by atoms with Crippen LogP contribution in [-0.4, -0.2) is 37.5 Å². The highest BCUT2D eigenvalue weighted by atomic mass is 16.4. The Morgan fingerprint density at radius 2 is 0.667 bits per heavy atom. The van der Waals surface area contributed by atoms with Gasteiger partial charge in [0.2, 0.25) is 0 Å². The lowest BCUT2D eigenvalue weighted by Crippen LogP contribution is -2.12. The molecule has 4 aromatic rings. The molecule has 0 saturated heterocycles. The third kappa shape index (κ3) is 13.5. The minimum Gasteiger partial charge on any atom is -0.507 e. The van der Waals surface area contributed by atoms with E-state index in [1.807, 2.05) is 39.0 Å². The number of phenols is 3. The molecule has 0 heterocycles. The highest BCUT2D eigenvalue weighted by Crippen LogP contribution is 2.35. The van der Waals surface area contributed by atoms with Crippen molar-refractivity contribution >= 4 is 11.9 Å². The summed E-state index contributed by atoms with van der Waals surface area (Å²) in [6.45, 7) is 31.0. The SMILES string of the molecule is Cc1cc(C)c(O)c(C(C)(C)C)c1.Cc1cc(C)c(O)c(C(C)(C)C)c1.Cc1cc(C)c(O)c(C(C)(C)C)c1.O=C(O)c1cccc(C(=O)O)c1. The normalized spacial score (nSPS) is 11.2. The summed E-state index contributed by atoms with van der Waals surface area (Å²) >= 11 is 0. The van der Waals surface area contributed by atoms with Crippen molar-refractivity contribution < 1.29 is 35.1 Å². The van der Waals surface area contributed by atoms with E-state index in [4.69, 9.17) is 10.2 Å². The molecular formula is C44H60O7. The molecule has 0 aliphatic heterocycles. The Kier molecular flexibility index (Phi) is 15.1. The minimum atomic E-state index is -1.13. The highest BCUT2D eigenvalue weighted by Gasteiger charge is 2.21. The van der Waals surface area contributed by atoms with Gasteiger partial charge in [-0.25, -0.2) is 9.59 Å². The molecular weight excluding hydrogens is 640 g/mol. The Hall–Kier alpha value is -4.78. The van der Waals surface area contributed by atoms with Crippen molar-refractivity contribution in [1.82, 2.24) is 0 Å². The number of aromatic carboxylic acids is 2. The molecule has 0 fully saturated rings. The zero-order valence-electron chi connectivity index (χ0n) is 33.3. The van der Waals surface area contributed by atoms with Crippen molar-refractivity contribution in [2.45, 2.75) is 120 Å². The maximum Gasteiger partial charge on any atom is 0.335 e. The molecule has 0 amide bonds. The van der Waals surface area contributed by atoms with Crippen LogP contribution in [0.3, 0.4) is 0 Å². The molecule has 0 atom stereocenters. The van der Waals surface area contributed by atoms with Gasteiger partial charge in [-0.15, -0.1) is 0 Å². The number of hydrogen-bond donors (Lipinski definition) is 5. The van der Waals surface area contributed by atoms with Gasteiger partial charge in [-0.3, -0.25) is 0 Å². The third-order valence-electron chi connectivity index (χ3n) is 8.11. The van der Waals surface area contributed by atoms with Crippen molar-refractivity contribution in [3.05, 3.63) is 122 Å². The molecule has 0 bridgehead atoms. The van der Waals surface area contributed by atoms with Crippen LogP contribution in [0.15, 0.2) is 60.7 Å². The summed E-state index contributed by atoms with van der Waals surface area (Å²) < 4.78 is 0. The fraction of sp³-hybridized carbons (Fsp3) is 0.409. The van der Waals surface area contributed by atoms with Crippen LogP contribution in [0.4, 0.5) is 0 Å². The smallest absolute Gasteiger partial charge is 0.335 e. The van der Waals surface area contributed by atoms with Crippen LogP contribution in [0.2, 0.25) is 0 Å². The number of carboxylic acid groups (broad SMARTS) is 2. The van der Waals surface area contributed by atoms with Crippen LogP contribution in [0.5, 0.6) is 17.2 Å². The van der Waals surface area contributed by atoms with Gasteiger partial charge in [0.1, 0.15) is 17.2 Å². The van der Waals surface area contributed by atoms with Crippen LogP contribution in [0, 0.1) is 41.5 Å². The Balaban J connectivity index is 0.000000340. The number of rotatable bonds is 2. The summed E-state index contributed by atoms with van der Waals surface area (Å²) in [5.41, 5.74) is 9.62. The van der Waals surface area contributed by atoms with Crippen molar-refractivity contribution in [3.63, 3.8) is 0 Å². The summed E-state index contributed by atoms with van der Waals surface area (Å²) in [6.07, 6.45) is 0. The van der Waals surface area contributed by atoms with Crippen LogP contribution in [0.25, 0.3) is 0 Å². The number of carboxylic acids is 2. The van der Waals surface area contributed by atoms with Crippen LogP contribution >= 0.6 is 0 Å². The topological polar surface area (TPSA) is 135 Å². The van der Waals surface area contributed by atoms with Crippen LogP contribution in [0.1, 0.15) is 133 Å². The molecule has 51 heavy (non-hydrogen) atoms. The zero-order valence-corrected chi connectivity index (χ0v) is 33.3. The van der Waals surface area contributed by atoms with Gasteiger partial charge in [-0.05, 0) is 109 Å². The zero-order chi connectivity index (χ0) is 39.8. The molecule has 0 aromatic heterocycles. The van der Waals surface area contributed by atoms with E-state index in [-0.39, 0.29) is 27.4 Å². The Bertz CT molecular complexity index is 1640. The number of benzene rings is 4. The number of carbonyl (C=O) groups is 2. The van der Waals surface area contributed by atoms with Gasteiger partial charge in [0.05, 0.1) is 11.1 Å². The molecule has 4 aromatic carbocycles. The first-order valence-corrected chi connectivity index (χ1v) is 17.1. The second kappa shape index (κ2) is 17.4. The van der Waals surface area contributed by atoms with Crippen molar-refractivity contribution in [2.24, 2.45) is 0 Å². The van der Waals surface area contributed by atoms with Crippen LogP contribution in [-0.2, 0) is 16.2 Å². The van der Waals surface area contributed by atoms with Crippen LogP contribution < -0.4 is 0 Å². The van der Waals surface area contributed by atoms with Gasteiger partial charge in [-0.1, -0.05) is 121 Å². The maximum atomic E-state index is 10.4. The van der Waals surface area contributed by atoms with Gasteiger partial charge in [0.15, 0.2) is 0 Å². The van der Waals surface area contributed by atoms with E-state index in [1.165, 1.54) is 34.9 Å². The summed E-state index contributed by atoms with van der Waals surface area (Å²) in [4.78, 5) is 20.8. The van der Waals surface area contributed by atoms with Crippen molar-refractivity contribution in [3.8, 4) is 17.2 Å². The Morgan fingerprint density at radius 3 is 0.863 bits per heavy atom. The number of phenolic OH excluding ortho intramolecular Hbond substituents is 3. The molecule has 0 saturated carbocycles. The van der Waals surface area contributed by atoms with Crippen molar-refractivity contribution in [2.75, 3.05) is 0 Å². The first-order valence-electron chi connectivity index (χ1n) is 17.1. The van der Waals surface area contributed by atoms with E-state index >= 15 is 0 Å². The summed E-state index contributed by atoms with van der Waals surface area (Å²) in [7, 11) is 0. The molecule has 7 heteroatoms. The first kappa shape index (κ1) is 44.2. The minimum absolute atomic E-state index is 0.0147. The predicted molar refractivity (Wildman–Crippen MR) is 209 cm³/mol. The van der Waals surface area contributed by atoms with Gasteiger partial charge in [0.25, 0.3) is 0 Å². The third-order valence-corrected chi connectivity index (χ3v) is 8.11. The van der Waals surface area contributed by atoms with E-state index in [0.717, 1.165) is 39.4 Å². The average Bonchev–Trinajstić information content (AvgIpc) is 2.98. The lowest BCUT2D eigenvalue weighted by molar-refractivity contribution is 0.0696. The molecule has 4 rings (SSSR count). The predicted octanol–water partition coefficient (Wildman–Crippen LogP) is 11.0. The Labute approximate surface area is 305 Å². The molecule has 0 radical (unpaired) electrons. The number of aromatic hydroxyl groups is 3. The lowest BCUT2D eigenvalue weighted by Gasteiger charge is -2.22. The molecule has 0 aliphatic carbocycles. The van der Waals surface area contributed by atoms with E-state index in [9.17, 15) is 24.9 Å². The second-order valence-corrected chi connectivity index (χ2v) is 16.4. The fourth-order valence-electron chi connectivity index (χ4n) is 5.38. The van der Waals surface area contributed by atoms with E-state index in [2.05, 4.69) is 101 Å². The largest absolute Gasteiger partial charge is 0.507 e. The van der Waals surface area contributed by atoms with Gasteiger partial charge < -0.3 is 25.5 Å². The second-order valence-electron chi connectivity index (χ2n) is 16.4. The molecule has 0 aliphatic rings. The van der Waals surface area contributed by atoms with E-state index in [1.54, 1.807) is 0 Å². The van der Waals surface area contributed by atoms with Gasteiger partial charge >= 0.3 is 11.9 Å². The number of aryl methyl sites for hydroxylation is 6. The van der Waals surface area contributed by atoms with E-state index in [0.29, 0.717) is 17.2 Å². The fourth-order valence-corrected chi connectivity index (χ4v) is 5.38. The standard InChI is InChI=1S/3C12H18O.C8H6O4/c3*1-8-6-9(2)11(13)10(7-8)12(3,4)5;9-7(10)5-2-1-3-6(4-5)8(11)12/h3*6-7,13H,1-5H3;1-4H,(H,9,10)(H,11,12). The van der Waals surface area contributed by atoms with Gasteiger partial charge in [0, 0.05) is 0 Å². The highest BCUT2D eigenvalue weighted by molar-refractivity contribution is 5.93. The average molecular weight is 701 g/mol. The lowest BCUT2D eigenvalue weighted by atomic mass is 9.84. The molecule has 7 nitrogen and oxygen atoms in total. The first-order chi connectivity index (χ1) is 23.1. The molecule has 278 valence electrons.